The molecule has 4 unspecified atom stereocenters. The number of nitrogens with zero attached hydrogens (tertiary/aromatic N) is 1. The summed E-state index contributed by atoms with van der Waals surface area (Å²) < 4.78 is 0. The molecule has 16 heteroatoms. The number of carbonyl (C=O) groups is 6. The van der Waals surface area contributed by atoms with Crippen molar-refractivity contribution in [3.05, 3.63) is 18.2 Å². The number of amides is 5. The van der Waals surface area contributed by atoms with Gasteiger partial charge in [-0.2, -0.15) is 11.8 Å². The van der Waals surface area contributed by atoms with Crippen LogP contribution in [-0.4, -0.2) is 86.8 Å². The summed E-state index contributed by atoms with van der Waals surface area (Å²) in [6, 6.07) is -5.10. The van der Waals surface area contributed by atoms with Gasteiger partial charge in [0.2, 0.25) is 29.5 Å². The molecule has 0 saturated heterocycles. The van der Waals surface area contributed by atoms with E-state index in [0.717, 1.165) is 0 Å². The van der Waals surface area contributed by atoms with E-state index in [0.29, 0.717) is 11.4 Å². The standard InChI is InChI=1S/C20H32N8O7S/c1-36-5-4-13(19(33)28-14(20(34)35)6-10-8-24-9-25-10)27-18(32)12(2-3-15(22)29)26-17(31)11(21)7-16(23)30/h8-9,11-14H,2-7,21H2,1H3,(H2,22,29)(H2,23,30)(H,24,25)(H,26,31)(H,27,32)(H,28,33)(H,34,35). The van der Waals surface area contributed by atoms with Crippen molar-refractivity contribution in [2.75, 3.05) is 12.0 Å². The van der Waals surface area contributed by atoms with Gasteiger partial charge in [-0.3, -0.25) is 24.0 Å². The maximum atomic E-state index is 13.0. The number of carbonyl (C=O) groups excluding carboxylic acids is 5. The molecule has 0 radical (unpaired) electrons. The maximum Gasteiger partial charge on any atom is 0.326 e. The predicted molar refractivity (Wildman–Crippen MR) is 129 cm³/mol. The van der Waals surface area contributed by atoms with Crippen LogP contribution in [0.1, 0.15) is 31.4 Å². The number of nitrogens with two attached hydrogens (primary N) is 3. The summed E-state index contributed by atoms with van der Waals surface area (Å²) in [5, 5.41) is 16.7. The minimum absolute atomic E-state index is 0.0701. The minimum Gasteiger partial charge on any atom is -0.480 e. The van der Waals surface area contributed by atoms with Gasteiger partial charge in [-0.15, -0.1) is 0 Å². The number of aromatic amines is 1. The van der Waals surface area contributed by atoms with E-state index in [2.05, 4.69) is 25.9 Å². The van der Waals surface area contributed by atoms with Gasteiger partial charge in [-0.25, -0.2) is 9.78 Å². The number of aliphatic carboxylic acids is 1. The average Bonchev–Trinajstić information content (AvgIpc) is 3.30. The van der Waals surface area contributed by atoms with Crippen molar-refractivity contribution in [2.45, 2.75) is 56.3 Å². The van der Waals surface area contributed by atoms with Gasteiger partial charge in [0.05, 0.1) is 18.8 Å². The fourth-order valence-corrected chi connectivity index (χ4v) is 3.48. The lowest BCUT2D eigenvalue weighted by Gasteiger charge is -2.25. The van der Waals surface area contributed by atoms with E-state index in [4.69, 9.17) is 17.2 Å². The molecule has 1 aromatic heterocycles. The Balaban J connectivity index is 2.98. The monoisotopic (exact) mass is 528 g/mol. The van der Waals surface area contributed by atoms with Gasteiger partial charge in [0.1, 0.15) is 18.1 Å². The van der Waals surface area contributed by atoms with Crippen LogP contribution < -0.4 is 33.2 Å². The minimum atomic E-state index is -1.33. The first kappa shape index (κ1) is 30.4. The molecule has 15 nitrogen and oxygen atoms in total. The second kappa shape index (κ2) is 15.4. The zero-order valence-electron chi connectivity index (χ0n) is 19.7. The first-order valence-electron chi connectivity index (χ1n) is 10.9. The smallest absolute Gasteiger partial charge is 0.326 e. The lowest BCUT2D eigenvalue weighted by atomic mass is 10.1. The SMILES string of the molecule is CSCCC(NC(=O)C(CCC(N)=O)NC(=O)C(N)CC(N)=O)C(=O)NC(Cc1cnc[nH]1)C(=O)O. The van der Waals surface area contributed by atoms with Crippen LogP contribution in [-0.2, 0) is 35.2 Å². The second-order valence-electron chi connectivity index (χ2n) is 7.87. The lowest BCUT2D eigenvalue weighted by molar-refractivity contribution is -0.142. The maximum absolute atomic E-state index is 13.0. The highest BCUT2D eigenvalue weighted by Crippen LogP contribution is 2.06. The Kier molecular flexibility index (Phi) is 13.0. The van der Waals surface area contributed by atoms with Crippen molar-refractivity contribution >= 4 is 47.3 Å². The number of imidazole rings is 1. The topological polar surface area (TPSA) is 265 Å². The molecule has 0 aromatic carbocycles. The fourth-order valence-electron chi connectivity index (χ4n) is 3.01. The largest absolute Gasteiger partial charge is 0.480 e. The van der Waals surface area contributed by atoms with E-state index in [1.807, 2.05) is 0 Å². The molecule has 1 aromatic rings. The third kappa shape index (κ3) is 11.2. The Labute approximate surface area is 211 Å². The van der Waals surface area contributed by atoms with Crippen LogP contribution in [0.3, 0.4) is 0 Å². The van der Waals surface area contributed by atoms with Gasteiger partial charge >= 0.3 is 5.97 Å². The number of hydrogen-bond donors (Lipinski definition) is 8. The molecule has 0 fully saturated rings. The first-order chi connectivity index (χ1) is 16.9. The van der Waals surface area contributed by atoms with Crippen molar-refractivity contribution in [3.8, 4) is 0 Å². The molecule has 1 heterocycles. The van der Waals surface area contributed by atoms with Crippen molar-refractivity contribution in [2.24, 2.45) is 17.2 Å². The highest BCUT2D eigenvalue weighted by Gasteiger charge is 2.30. The number of H-pyrrole nitrogens is 1. The number of carboxylic acids is 1. The van der Waals surface area contributed by atoms with E-state index < -0.39 is 66.1 Å². The Morgan fingerprint density at radius 2 is 1.56 bits per heavy atom. The van der Waals surface area contributed by atoms with Crippen molar-refractivity contribution in [1.82, 2.24) is 25.9 Å². The van der Waals surface area contributed by atoms with Gasteiger partial charge in [0.15, 0.2) is 0 Å². The van der Waals surface area contributed by atoms with E-state index in [9.17, 15) is 33.9 Å². The van der Waals surface area contributed by atoms with E-state index >= 15 is 0 Å². The van der Waals surface area contributed by atoms with E-state index in [1.54, 1.807) is 6.26 Å². The van der Waals surface area contributed by atoms with Crippen LogP contribution in [0.5, 0.6) is 0 Å². The van der Waals surface area contributed by atoms with Gasteiger partial charge in [0, 0.05) is 24.7 Å². The molecule has 0 spiro atoms. The number of carboxylic acid groups (broad SMARTS) is 1. The van der Waals surface area contributed by atoms with Crippen LogP contribution in [0.15, 0.2) is 12.5 Å². The van der Waals surface area contributed by atoms with Crippen LogP contribution in [0.4, 0.5) is 0 Å². The number of rotatable bonds is 17. The second-order valence-corrected chi connectivity index (χ2v) is 8.85. The normalized spacial score (nSPS) is 14.1. The Hall–Kier alpha value is -3.66. The van der Waals surface area contributed by atoms with Crippen molar-refractivity contribution in [3.63, 3.8) is 0 Å². The van der Waals surface area contributed by atoms with Gasteiger partial charge in [0.25, 0.3) is 0 Å². The quantitative estimate of drug-likeness (QED) is 0.0998. The average molecular weight is 529 g/mol. The Bertz CT molecular complexity index is 927. The highest BCUT2D eigenvalue weighted by atomic mass is 32.2. The molecule has 0 bridgehead atoms. The molecular formula is C20H32N8O7S. The first-order valence-corrected chi connectivity index (χ1v) is 12.3. The molecule has 0 aliphatic rings. The summed E-state index contributed by atoms with van der Waals surface area (Å²) in [5.74, 6) is -4.85. The summed E-state index contributed by atoms with van der Waals surface area (Å²) in [6.07, 6.45) is 3.71. The fraction of sp³-hybridized carbons (Fsp3) is 0.550. The van der Waals surface area contributed by atoms with Crippen LogP contribution in [0, 0.1) is 0 Å². The van der Waals surface area contributed by atoms with Crippen LogP contribution >= 0.6 is 11.8 Å². The summed E-state index contributed by atoms with van der Waals surface area (Å²) in [5.41, 5.74) is 16.3. The van der Waals surface area contributed by atoms with Gasteiger partial charge < -0.3 is 43.2 Å². The number of aromatic nitrogens is 2. The molecule has 1 rings (SSSR count). The molecule has 0 aliphatic heterocycles. The summed E-state index contributed by atoms with van der Waals surface area (Å²) >= 11 is 1.39. The Morgan fingerprint density at radius 3 is 2.06 bits per heavy atom. The number of primary amides is 2. The van der Waals surface area contributed by atoms with Crippen LogP contribution in [0.25, 0.3) is 0 Å². The molecule has 0 aliphatic carbocycles. The summed E-state index contributed by atoms with van der Waals surface area (Å²) in [7, 11) is 0. The van der Waals surface area contributed by atoms with Crippen LogP contribution in [0.2, 0.25) is 0 Å². The third-order valence-corrected chi connectivity index (χ3v) is 5.55. The van der Waals surface area contributed by atoms with Gasteiger partial charge in [-0.05, 0) is 24.9 Å². The zero-order chi connectivity index (χ0) is 27.3. The Morgan fingerprint density at radius 1 is 0.972 bits per heavy atom. The van der Waals surface area contributed by atoms with E-state index in [-0.39, 0.29) is 25.7 Å². The van der Waals surface area contributed by atoms with Crippen molar-refractivity contribution < 1.29 is 33.9 Å². The molecule has 200 valence electrons. The molecular weight excluding hydrogens is 496 g/mol. The van der Waals surface area contributed by atoms with E-state index in [1.165, 1.54) is 24.3 Å². The number of nitrogens with one attached hydrogen (secondary N) is 4. The lowest BCUT2D eigenvalue weighted by Crippen LogP contribution is -2.57. The van der Waals surface area contributed by atoms with Gasteiger partial charge in [-0.1, -0.05) is 0 Å². The predicted octanol–water partition coefficient (Wildman–Crippen LogP) is -3.29. The molecule has 5 amide bonds. The van der Waals surface area contributed by atoms with Crippen molar-refractivity contribution in [1.29, 1.82) is 0 Å². The number of hydrogen-bond acceptors (Lipinski definition) is 9. The molecule has 11 N–H and O–H groups in total. The number of thioether (sulfide) groups is 1. The summed E-state index contributed by atoms with van der Waals surface area (Å²) in [6.45, 7) is 0. The molecule has 0 saturated carbocycles. The zero-order valence-corrected chi connectivity index (χ0v) is 20.5. The summed E-state index contributed by atoms with van der Waals surface area (Å²) in [4.78, 5) is 78.7. The third-order valence-electron chi connectivity index (χ3n) is 4.91. The molecule has 4 atom stereocenters. The highest BCUT2D eigenvalue weighted by molar-refractivity contribution is 7.98. The molecule has 36 heavy (non-hydrogen) atoms.